The molecule has 0 saturated carbocycles. The lowest BCUT2D eigenvalue weighted by atomic mass is 10.3. The molecule has 0 saturated heterocycles. The Balaban J connectivity index is 2.28. The molecule has 3 N–H and O–H groups in total. The van der Waals surface area contributed by atoms with E-state index in [2.05, 4.69) is 15.3 Å². The zero-order chi connectivity index (χ0) is 12.4. The van der Waals surface area contributed by atoms with E-state index in [1.54, 1.807) is 19.1 Å². The molecule has 88 valence electrons. The second-order valence-electron chi connectivity index (χ2n) is 3.48. The molecule has 0 atom stereocenters. The molecule has 0 aliphatic heterocycles. The third-order valence-electron chi connectivity index (χ3n) is 2.05. The van der Waals surface area contributed by atoms with E-state index >= 15 is 0 Å². The summed E-state index contributed by atoms with van der Waals surface area (Å²) in [5.41, 5.74) is 6.13. The van der Waals surface area contributed by atoms with Gasteiger partial charge >= 0.3 is 0 Å². The topological polar surface area (TPSA) is 63.8 Å². The summed E-state index contributed by atoms with van der Waals surface area (Å²) in [5, 5.41) is 3.00. The summed E-state index contributed by atoms with van der Waals surface area (Å²) < 4.78 is 13.2. The molecule has 0 aliphatic carbocycles. The Kier molecular flexibility index (Phi) is 3.10. The van der Waals surface area contributed by atoms with Crippen molar-refractivity contribution in [1.29, 1.82) is 0 Å². The molecule has 1 heterocycles. The van der Waals surface area contributed by atoms with Gasteiger partial charge < -0.3 is 11.1 Å². The van der Waals surface area contributed by atoms with Gasteiger partial charge in [0, 0.05) is 11.8 Å². The number of rotatable bonds is 2. The number of nitrogens with one attached hydrogen (secondary N) is 1. The molecular formula is C11H10ClFN4. The first-order valence-electron chi connectivity index (χ1n) is 4.88. The lowest BCUT2D eigenvalue weighted by molar-refractivity contribution is 0.629. The van der Waals surface area contributed by atoms with Crippen molar-refractivity contribution >= 4 is 28.9 Å². The lowest BCUT2D eigenvalue weighted by Gasteiger charge is -2.07. The van der Waals surface area contributed by atoms with E-state index in [1.165, 1.54) is 12.1 Å². The zero-order valence-electron chi connectivity index (χ0n) is 9.04. The molecule has 6 heteroatoms. The van der Waals surface area contributed by atoms with E-state index in [0.717, 1.165) is 0 Å². The van der Waals surface area contributed by atoms with Gasteiger partial charge in [-0.2, -0.15) is 0 Å². The van der Waals surface area contributed by atoms with Crippen LogP contribution in [-0.2, 0) is 0 Å². The molecular weight excluding hydrogens is 243 g/mol. The number of benzene rings is 1. The van der Waals surface area contributed by atoms with Crippen LogP contribution < -0.4 is 11.1 Å². The lowest BCUT2D eigenvalue weighted by Crippen LogP contribution is -2.00. The standard InChI is InChI=1S/C11H10ClFN4/c1-6-15-10(14)5-11(16-6)17-7-2-3-8(12)9(13)4-7/h2-5H,1H3,(H3,14,15,16,17). The van der Waals surface area contributed by atoms with Crippen LogP contribution in [0.2, 0.25) is 5.02 Å². The molecule has 0 bridgehead atoms. The highest BCUT2D eigenvalue weighted by Crippen LogP contribution is 2.21. The van der Waals surface area contributed by atoms with Crippen LogP contribution in [0.5, 0.6) is 0 Å². The fourth-order valence-corrected chi connectivity index (χ4v) is 1.49. The number of nitrogens with two attached hydrogens (primary N) is 1. The molecule has 4 nitrogen and oxygen atoms in total. The minimum Gasteiger partial charge on any atom is -0.384 e. The monoisotopic (exact) mass is 252 g/mol. The summed E-state index contributed by atoms with van der Waals surface area (Å²) in [6.07, 6.45) is 0. The summed E-state index contributed by atoms with van der Waals surface area (Å²) in [5.74, 6) is 0.920. The van der Waals surface area contributed by atoms with Crippen molar-refractivity contribution in [1.82, 2.24) is 9.97 Å². The molecule has 1 aromatic carbocycles. The number of hydrogen-bond donors (Lipinski definition) is 2. The molecule has 1 aromatic heterocycles. The average molecular weight is 253 g/mol. The van der Waals surface area contributed by atoms with Crippen LogP contribution in [-0.4, -0.2) is 9.97 Å². The fourth-order valence-electron chi connectivity index (χ4n) is 1.38. The van der Waals surface area contributed by atoms with Gasteiger partial charge in [-0.15, -0.1) is 0 Å². The number of aromatic nitrogens is 2. The summed E-state index contributed by atoms with van der Waals surface area (Å²) in [4.78, 5) is 8.06. The van der Waals surface area contributed by atoms with Crippen LogP contribution in [0.25, 0.3) is 0 Å². The molecule has 0 aliphatic rings. The minimum absolute atomic E-state index is 0.0777. The van der Waals surface area contributed by atoms with Gasteiger partial charge in [0.1, 0.15) is 23.3 Å². The summed E-state index contributed by atoms with van der Waals surface area (Å²) in [6, 6.07) is 5.98. The highest BCUT2D eigenvalue weighted by molar-refractivity contribution is 6.30. The van der Waals surface area contributed by atoms with Crippen molar-refractivity contribution in [3.63, 3.8) is 0 Å². The summed E-state index contributed by atoms with van der Waals surface area (Å²) >= 11 is 5.59. The normalized spacial score (nSPS) is 10.3. The quantitative estimate of drug-likeness (QED) is 0.863. The van der Waals surface area contributed by atoms with Crippen molar-refractivity contribution in [3.05, 3.63) is 40.9 Å². The van der Waals surface area contributed by atoms with Crippen LogP contribution in [0.1, 0.15) is 5.82 Å². The van der Waals surface area contributed by atoms with Crippen LogP contribution in [0.3, 0.4) is 0 Å². The molecule has 0 fully saturated rings. The molecule has 0 amide bonds. The number of nitrogen functional groups attached to an aromatic ring is 1. The number of anilines is 3. The molecule has 0 radical (unpaired) electrons. The predicted octanol–water partition coefficient (Wildman–Crippen LogP) is 2.90. The maximum absolute atomic E-state index is 13.2. The molecule has 2 rings (SSSR count). The van der Waals surface area contributed by atoms with Gasteiger partial charge in [0.05, 0.1) is 5.02 Å². The number of halogens is 2. The fraction of sp³-hybridized carbons (Fsp3) is 0.0909. The Labute approximate surface area is 103 Å². The Morgan fingerprint density at radius 2 is 2.06 bits per heavy atom. The minimum atomic E-state index is -0.490. The van der Waals surface area contributed by atoms with Crippen molar-refractivity contribution in [3.8, 4) is 0 Å². The highest BCUT2D eigenvalue weighted by Gasteiger charge is 2.03. The van der Waals surface area contributed by atoms with E-state index in [-0.39, 0.29) is 5.02 Å². The zero-order valence-corrected chi connectivity index (χ0v) is 9.79. The largest absolute Gasteiger partial charge is 0.384 e. The Morgan fingerprint density at radius 3 is 2.71 bits per heavy atom. The van der Waals surface area contributed by atoms with E-state index < -0.39 is 5.82 Å². The molecule has 0 spiro atoms. The Morgan fingerprint density at radius 1 is 1.29 bits per heavy atom. The maximum atomic E-state index is 13.2. The highest BCUT2D eigenvalue weighted by atomic mass is 35.5. The summed E-state index contributed by atoms with van der Waals surface area (Å²) in [7, 11) is 0. The van der Waals surface area contributed by atoms with Gasteiger partial charge in [-0.25, -0.2) is 14.4 Å². The van der Waals surface area contributed by atoms with Crippen molar-refractivity contribution in [2.75, 3.05) is 11.1 Å². The molecule has 0 unspecified atom stereocenters. The maximum Gasteiger partial charge on any atom is 0.143 e. The molecule has 17 heavy (non-hydrogen) atoms. The first-order valence-corrected chi connectivity index (χ1v) is 5.25. The second kappa shape index (κ2) is 4.55. The first kappa shape index (κ1) is 11.6. The number of nitrogens with zero attached hydrogens (tertiary/aromatic N) is 2. The van der Waals surface area contributed by atoms with Crippen LogP contribution >= 0.6 is 11.6 Å². The number of aryl methyl sites for hydroxylation is 1. The predicted molar refractivity (Wildman–Crippen MR) is 65.9 cm³/mol. The van der Waals surface area contributed by atoms with Crippen molar-refractivity contribution in [2.45, 2.75) is 6.92 Å². The average Bonchev–Trinajstić information content (AvgIpc) is 2.22. The van der Waals surface area contributed by atoms with Crippen LogP contribution in [0.4, 0.5) is 21.7 Å². The third kappa shape index (κ3) is 2.82. The van der Waals surface area contributed by atoms with Gasteiger partial charge in [-0.05, 0) is 25.1 Å². The van der Waals surface area contributed by atoms with E-state index in [1.807, 2.05) is 0 Å². The second-order valence-corrected chi connectivity index (χ2v) is 3.89. The smallest absolute Gasteiger partial charge is 0.143 e. The Hall–Kier alpha value is -1.88. The van der Waals surface area contributed by atoms with Crippen molar-refractivity contribution in [2.24, 2.45) is 0 Å². The van der Waals surface area contributed by atoms with Gasteiger partial charge in [-0.3, -0.25) is 0 Å². The van der Waals surface area contributed by atoms with E-state index in [4.69, 9.17) is 17.3 Å². The summed E-state index contributed by atoms with van der Waals surface area (Å²) in [6.45, 7) is 1.73. The van der Waals surface area contributed by atoms with E-state index in [9.17, 15) is 4.39 Å². The number of hydrogen-bond acceptors (Lipinski definition) is 4. The van der Waals surface area contributed by atoms with Gasteiger partial charge in [0.15, 0.2) is 0 Å². The van der Waals surface area contributed by atoms with Gasteiger partial charge in [0.25, 0.3) is 0 Å². The Bertz CT molecular complexity index is 539. The van der Waals surface area contributed by atoms with Crippen LogP contribution in [0, 0.1) is 12.7 Å². The molecule has 2 aromatic rings. The first-order chi connectivity index (χ1) is 8.04. The van der Waals surface area contributed by atoms with Gasteiger partial charge in [-0.1, -0.05) is 11.6 Å². The van der Waals surface area contributed by atoms with Gasteiger partial charge in [0.2, 0.25) is 0 Å². The van der Waals surface area contributed by atoms with Crippen molar-refractivity contribution < 1.29 is 4.39 Å². The van der Waals surface area contributed by atoms with Crippen LogP contribution in [0.15, 0.2) is 24.3 Å². The SMILES string of the molecule is Cc1nc(N)cc(Nc2ccc(Cl)c(F)c2)n1. The van der Waals surface area contributed by atoms with E-state index in [0.29, 0.717) is 23.1 Å². The third-order valence-corrected chi connectivity index (χ3v) is 2.36.